The van der Waals surface area contributed by atoms with E-state index < -0.39 is 20.0 Å². The number of hydrogen-bond acceptors (Lipinski definition) is 5. The van der Waals surface area contributed by atoms with Crippen molar-refractivity contribution in [2.75, 3.05) is 6.54 Å². The highest BCUT2D eigenvalue weighted by Gasteiger charge is 2.36. The Morgan fingerprint density at radius 1 is 0.697 bits per heavy atom. The average molecular weight is 484 g/mol. The van der Waals surface area contributed by atoms with Crippen molar-refractivity contribution in [3.8, 4) is 0 Å². The topological polar surface area (TPSA) is 87.7 Å². The molecule has 33 heavy (non-hydrogen) atoms. The number of pyridine rings is 1. The quantitative estimate of drug-likeness (QED) is 0.569. The summed E-state index contributed by atoms with van der Waals surface area (Å²) in [5.74, 6) is 0. The highest BCUT2D eigenvalue weighted by atomic mass is 32.2. The second kappa shape index (κ2) is 8.02. The standard InChI is InChI=1S/C24H25N3O4S2/c1-17-3-7-20(8-4-17)32(28,29)26-12-11-24-23(16-26)22-15-27(14-19(22)13-25-24)33(30,31)21-9-5-18(2)6-10-21/h3-10,13H,11-12,14-16H2,1-2H3. The van der Waals surface area contributed by atoms with Gasteiger partial charge < -0.3 is 0 Å². The van der Waals surface area contributed by atoms with E-state index >= 15 is 0 Å². The van der Waals surface area contributed by atoms with Crippen molar-refractivity contribution in [3.63, 3.8) is 0 Å². The van der Waals surface area contributed by atoms with Crippen LogP contribution in [0.15, 0.2) is 64.5 Å². The summed E-state index contributed by atoms with van der Waals surface area (Å²) in [4.78, 5) is 5.07. The van der Waals surface area contributed by atoms with Gasteiger partial charge in [-0.3, -0.25) is 4.98 Å². The zero-order chi connectivity index (χ0) is 23.4. The van der Waals surface area contributed by atoms with Gasteiger partial charge in [-0.05, 0) is 54.8 Å². The highest BCUT2D eigenvalue weighted by Crippen LogP contribution is 2.35. The van der Waals surface area contributed by atoms with E-state index in [4.69, 9.17) is 0 Å². The first kappa shape index (κ1) is 22.2. The third-order valence-electron chi connectivity index (χ3n) is 6.41. The monoisotopic (exact) mass is 483 g/mol. The molecule has 0 unspecified atom stereocenters. The van der Waals surface area contributed by atoms with Crippen molar-refractivity contribution < 1.29 is 16.8 Å². The van der Waals surface area contributed by atoms with E-state index in [1.165, 1.54) is 8.61 Å². The van der Waals surface area contributed by atoms with Gasteiger partial charge in [0.1, 0.15) is 0 Å². The Morgan fingerprint density at radius 3 is 1.79 bits per heavy atom. The van der Waals surface area contributed by atoms with Crippen LogP contribution in [0.3, 0.4) is 0 Å². The molecule has 9 heteroatoms. The largest absolute Gasteiger partial charge is 0.261 e. The number of hydrogen-bond donors (Lipinski definition) is 0. The molecule has 0 spiro atoms. The SMILES string of the molecule is Cc1ccc(S(=O)(=O)N2Cc3cnc4c(c3C2)CN(S(=O)(=O)c2ccc(C)cc2)CC4)cc1. The molecule has 0 radical (unpaired) electrons. The molecule has 3 aromatic rings. The third-order valence-corrected chi connectivity index (χ3v) is 10.1. The molecule has 2 aromatic carbocycles. The fourth-order valence-electron chi connectivity index (χ4n) is 4.42. The van der Waals surface area contributed by atoms with Crippen LogP contribution in [0, 0.1) is 13.8 Å². The predicted molar refractivity (Wildman–Crippen MR) is 124 cm³/mol. The van der Waals surface area contributed by atoms with Crippen LogP contribution in [0.4, 0.5) is 0 Å². The van der Waals surface area contributed by atoms with Crippen molar-refractivity contribution >= 4 is 20.0 Å². The smallest absolute Gasteiger partial charge is 0.243 e. The Labute approximate surface area is 194 Å². The number of aromatic nitrogens is 1. The van der Waals surface area contributed by atoms with Crippen LogP contribution >= 0.6 is 0 Å². The molecule has 0 saturated carbocycles. The van der Waals surface area contributed by atoms with Gasteiger partial charge in [-0.2, -0.15) is 8.61 Å². The fraction of sp³-hybridized carbons (Fsp3) is 0.292. The van der Waals surface area contributed by atoms with Gasteiger partial charge in [0.05, 0.1) is 9.79 Å². The highest BCUT2D eigenvalue weighted by molar-refractivity contribution is 7.89. The van der Waals surface area contributed by atoms with Crippen LogP contribution in [0.1, 0.15) is 33.5 Å². The van der Waals surface area contributed by atoms with Crippen LogP contribution in [0.5, 0.6) is 0 Å². The molecule has 0 amide bonds. The zero-order valence-corrected chi connectivity index (χ0v) is 20.2. The van der Waals surface area contributed by atoms with Crippen molar-refractivity contribution in [3.05, 3.63) is 88.2 Å². The van der Waals surface area contributed by atoms with Crippen molar-refractivity contribution in [1.82, 2.24) is 13.6 Å². The Bertz CT molecular complexity index is 1430. The van der Waals surface area contributed by atoms with Gasteiger partial charge in [-0.1, -0.05) is 35.4 Å². The summed E-state index contributed by atoms with van der Waals surface area (Å²) in [5.41, 5.74) is 5.37. The third kappa shape index (κ3) is 3.89. The maximum absolute atomic E-state index is 13.2. The Hall–Kier alpha value is -2.59. The number of aryl methyl sites for hydroxylation is 2. The molecule has 0 bridgehead atoms. The lowest BCUT2D eigenvalue weighted by molar-refractivity contribution is 0.384. The molecule has 0 aliphatic carbocycles. The van der Waals surface area contributed by atoms with Gasteiger partial charge >= 0.3 is 0 Å². The maximum Gasteiger partial charge on any atom is 0.243 e. The van der Waals surface area contributed by atoms with Crippen LogP contribution in [-0.2, 0) is 46.1 Å². The molecule has 0 atom stereocenters. The molecule has 3 heterocycles. The molecular weight excluding hydrogens is 458 g/mol. The van der Waals surface area contributed by atoms with E-state index in [0.29, 0.717) is 13.0 Å². The van der Waals surface area contributed by atoms with Crippen molar-refractivity contribution in [2.45, 2.75) is 49.7 Å². The average Bonchev–Trinajstić information content (AvgIpc) is 3.25. The van der Waals surface area contributed by atoms with Gasteiger partial charge in [0.15, 0.2) is 0 Å². The summed E-state index contributed by atoms with van der Waals surface area (Å²) < 4.78 is 55.8. The van der Waals surface area contributed by atoms with E-state index in [9.17, 15) is 16.8 Å². The van der Waals surface area contributed by atoms with Crippen LogP contribution in [-0.4, -0.2) is 37.0 Å². The van der Waals surface area contributed by atoms with Crippen molar-refractivity contribution in [1.29, 1.82) is 0 Å². The molecule has 5 rings (SSSR count). The van der Waals surface area contributed by atoms with Gasteiger partial charge in [0.25, 0.3) is 0 Å². The summed E-state index contributed by atoms with van der Waals surface area (Å²) >= 11 is 0. The molecule has 2 aliphatic heterocycles. The minimum Gasteiger partial charge on any atom is -0.261 e. The molecular formula is C24H25N3O4S2. The minimum absolute atomic E-state index is 0.195. The zero-order valence-electron chi connectivity index (χ0n) is 18.5. The molecule has 2 aliphatic rings. The molecule has 1 aromatic heterocycles. The fourth-order valence-corrected chi connectivity index (χ4v) is 7.21. The second-order valence-electron chi connectivity index (χ2n) is 8.68. The molecule has 7 nitrogen and oxygen atoms in total. The summed E-state index contributed by atoms with van der Waals surface area (Å²) in [6.45, 7) is 4.82. The lowest BCUT2D eigenvalue weighted by Gasteiger charge is -2.29. The van der Waals surface area contributed by atoms with E-state index in [-0.39, 0.29) is 29.4 Å². The van der Waals surface area contributed by atoms with E-state index in [2.05, 4.69) is 4.98 Å². The first-order valence-electron chi connectivity index (χ1n) is 10.8. The summed E-state index contributed by atoms with van der Waals surface area (Å²) in [6, 6.07) is 13.7. The Balaban J connectivity index is 1.45. The summed E-state index contributed by atoms with van der Waals surface area (Å²) in [7, 11) is -7.32. The maximum atomic E-state index is 13.2. The molecule has 172 valence electrons. The molecule has 0 saturated heterocycles. The number of rotatable bonds is 4. The normalized spacial score (nSPS) is 17.0. The molecule has 0 N–H and O–H groups in total. The number of fused-ring (bicyclic) bond motifs is 3. The van der Waals surface area contributed by atoms with Crippen LogP contribution < -0.4 is 0 Å². The predicted octanol–water partition coefficient (Wildman–Crippen LogP) is 3.15. The summed E-state index contributed by atoms with van der Waals surface area (Å²) in [6.07, 6.45) is 2.24. The first-order chi connectivity index (χ1) is 15.7. The van der Waals surface area contributed by atoms with Crippen molar-refractivity contribution in [2.24, 2.45) is 0 Å². The second-order valence-corrected chi connectivity index (χ2v) is 12.6. The van der Waals surface area contributed by atoms with Gasteiger partial charge in [-0.15, -0.1) is 0 Å². The minimum atomic E-state index is -3.66. The lowest BCUT2D eigenvalue weighted by atomic mass is 9.99. The van der Waals surface area contributed by atoms with Gasteiger partial charge in [-0.25, -0.2) is 16.8 Å². The van der Waals surface area contributed by atoms with Gasteiger partial charge in [0, 0.05) is 44.5 Å². The number of nitrogens with zero attached hydrogens (tertiary/aromatic N) is 3. The lowest BCUT2D eigenvalue weighted by Crippen LogP contribution is -2.37. The number of benzene rings is 2. The Kier molecular flexibility index (Phi) is 5.40. The van der Waals surface area contributed by atoms with E-state index in [1.807, 2.05) is 13.8 Å². The summed E-state index contributed by atoms with van der Waals surface area (Å²) in [5, 5.41) is 0. The van der Waals surface area contributed by atoms with Crippen LogP contribution in [0.25, 0.3) is 0 Å². The van der Waals surface area contributed by atoms with E-state index in [0.717, 1.165) is 33.5 Å². The Morgan fingerprint density at radius 2 is 1.21 bits per heavy atom. The van der Waals surface area contributed by atoms with E-state index in [1.54, 1.807) is 54.7 Å². The first-order valence-corrected chi connectivity index (χ1v) is 13.7. The van der Waals surface area contributed by atoms with Crippen LogP contribution in [0.2, 0.25) is 0 Å². The van der Waals surface area contributed by atoms with Gasteiger partial charge in [0.2, 0.25) is 20.0 Å². The molecule has 0 fully saturated rings. The number of sulfonamides is 2.